The highest BCUT2D eigenvalue weighted by atomic mass is 19.1. The highest BCUT2D eigenvalue weighted by Crippen LogP contribution is 2.33. The number of aliphatic carboxylic acids is 1. The van der Waals surface area contributed by atoms with Gasteiger partial charge in [-0.2, -0.15) is 0 Å². The molecule has 0 spiro atoms. The Morgan fingerprint density at radius 2 is 1.83 bits per heavy atom. The number of aryl methyl sites for hydroxylation is 3. The van der Waals surface area contributed by atoms with E-state index in [1.54, 1.807) is 36.0 Å². The molecule has 1 fully saturated rings. The van der Waals surface area contributed by atoms with Crippen LogP contribution in [0.2, 0.25) is 0 Å². The number of carboxylic acid groups (broad SMARTS) is 1. The van der Waals surface area contributed by atoms with Gasteiger partial charge in [0.25, 0.3) is 0 Å². The van der Waals surface area contributed by atoms with Crippen LogP contribution in [-0.4, -0.2) is 57.9 Å². The van der Waals surface area contributed by atoms with Gasteiger partial charge in [0.1, 0.15) is 12.0 Å². The quantitative estimate of drug-likeness (QED) is 0.275. The minimum Gasteiger partial charge on any atom is -0.481 e. The molecule has 2 N–H and O–H groups in total. The second-order valence-electron chi connectivity index (χ2n) is 12.1. The molecule has 1 saturated heterocycles. The molecule has 4 rings (SSSR count). The van der Waals surface area contributed by atoms with Crippen molar-refractivity contribution in [3.8, 4) is 11.1 Å². The van der Waals surface area contributed by atoms with Crippen LogP contribution in [-0.2, 0) is 11.2 Å². The summed E-state index contributed by atoms with van der Waals surface area (Å²) in [6.07, 6.45) is 3.55. The zero-order chi connectivity index (χ0) is 30.6. The van der Waals surface area contributed by atoms with E-state index in [1.165, 1.54) is 0 Å². The van der Waals surface area contributed by atoms with Crippen molar-refractivity contribution in [1.82, 2.24) is 19.8 Å². The standard InChI is InChI=1S/C33H42F2N4O3/c1-20(2)11-27(39-17-24(15-37-33(39)42)9-10-38-18-26(34)19-38)16-36-29(14-30(40)41)28-13-25(12-23(5)32(28)35)31-21(3)7-6-8-22(31)4/h6-8,12-13,15,17,20,26-27,29,36H,9-11,14,16,18-19H2,1-5H3,(H,40,41)/t27-,29-/m0/s1. The van der Waals surface area contributed by atoms with Crippen LogP contribution in [0.5, 0.6) is 0 Å². The molecule has 0 amide bonds. The minimum atomic E-state index is -1.05. The van der Waals surface area contributed by atoms with Gasteiger partial charge < -0.3 is 10.4 Å². The number of aromatic nitrogens is 2. The normalized spacial score (nSPS) is 15.5. The summed E-state index contributed by atoms with van der Waals surface area (Å²) in [5.74, 6) is -1.25. The van der Waals surface area contributed by atoms with Crippen molar-refractivity contribution in [1.29, 1.82) is 0 Å². The molecular formula is C33H42F2N4O3. The molecule has 9 heteroatoms. The summed E-state index contributed by atoms with van der Waals surface area (Å²) < 4.78 is 30.5. The summed E-state index contributed by atoms with van der Waals surface area (Å²) in [5.41, 5.74) is 5.15. The van der Waals surface area contributed by atoms with E-state index in [0.29, 0.717) is 43.6 Å². The van der Waals surface area contributed by atoms with E-state index in [4.69, 9.17) is 0 Å². The number of hydrogen-bond donors (Lipinski definition) is 2. The number of alkyl halides is 1. The Kier molecular flexibility index (Phi) is 10.3. The molecule has 0 saturated carbocycles. The van der Waals surface area contributed by atoms with Gasteiger partial charge in [-0.3, -0.25) is 14.3 Å². The van der Waals surface area contributed by atoms with Crippen LogP contribution < -0.4 is 11.0 Å². The highest BCUT2D eigenvalue weighted by molar-refractivity contribution is 5.73. The van der Waals surface area contributed by atoms with Crippen molar-refractivity contribution in [2.24, 2.45) is 5.92 Å². The SMILES string of the molecule is Cc1cc(-c2c(C)cccc2C)cc([C@H](CC(=O)O)NC[C@H](CC(C)C)n2cc(CCN3CC(F)C3)cnc2=O)c1F. The van der Waals surface area contributed by atoms with Gasteiger partial charge in [0.2, 0.25) is 0 Å². The van der Waals surface area contributed by atoms with Crippen molar-refractivity contribution in [2.45, 2.75) is 72.1 Å². The fraction of sp³-hybridized carbons (Fsp3) is 0.485. The molecule has 2 heterocycles. The molecule has 2 atom stereocenters. The summed E-state index contributed by atoms with van der Waals surface area (Å²) in [4.78, 5) is 31.0. The first-order valence-electron chi connectivity index (χ1n) is 14.7. The lowest BCUT2D eigenvalue weighted by molar-refractivity contribution is -0.137. The highest BCUT2D eigenvalue weighted by Gasteiger charge is 2.26. The number of carboxylic acids is 1. The van der Waals surface area contributed by atoms with Crippen LogP contribution in [0.3, 0.4) is 0 Å². The zero-order valence-corrected chi connectivity index (χ0v) is 25.2. The van der Waals surface area contributed by atoms with Crippen molar-refractivity contribution >= 4 is 5.97 Å². The molecule has 1 aromatic heterocycles. The van der Waals surface area contributed by atoms with Crippen LogP contribution in [0.1, 0.15) is 66.6 Å². The third-order valence-corrected chi connectivity index (χ3v) is 8.04. The average Bonchev–Trinajstić information content (AvgIpc) is 2.90. The molecule has 1 aliphatic rings. The average molecular weight is 581 g/mol. The molecule has 0 aliphatic carbocycles. The maximum atomic E-state index is 15.7. The third-order valence-electron chi connectivity index (χ3n) is 8.04. The second-order valence-corrected chi connectivity index (χ2v) is 12.1. The molecule has 0 unspecified atom stereocenters. The summed E-state index contributed by atoms with van der Waals surface area (Å²) >= 11 is 0. The molecule has 0 radical (unpaired) electrons. The van der Waals surface area contributed by atoms with Crippen LogP contribution in [0.4, 0.5) is 8.78 Å². The first-order valence-corrected chi connectivity index (χ1v) is 14.7. The van der Waals surface area contributed by atoms with Gasteiger partial charge in [0.15, 0.2) is 0 Å². The monoisotopic (exact) mass is 580 g/mol. The molecule has 42 heavy (non-hydrogen) atoms. The first kappa shape index (κ1) is 31.5. The maximum absolute atomic E-state index is 15.7. The Labute approximate surface area is 246 Å². The van der Waals surface area contributed by atoms with Crippen molar-refractivity contribution in [3.05, 3.63) is 86.8 Å². The second kappa shape index (κ2) is 13.7. The van der Waals surface area contributed by atoms with Gasteiger partial charge in [-0.1, -0.05) is 32.0 Å². The minimum absolute atomic E-state index is 0.235. The first-order chi connectivity index (χ1) is 19.9. The summed E-state index contributed by atoms with van der Waals surface area (Å²) in [5, 5.41) is 13.1. The number of benzene rings is 2. The van der Waals surface area contributed by atoms with Crippen molar-refractivity contribution in [2.75, 3.05) is 26.2 Å². The van der Waals surface area contributed by atoms with E-state index in [1.807, 2.05) is 36.9 Å². The summed E-state index contributed by atoms with van der Waals surface area (Å²) in [6.45, 7) is 11.6. The van der Waals surface area contributed by atoms with E-state index >= 15 is 4.39 Å². The molecule has 0 bridgehead atoms. The molecule has 7 nitrogen and oxygen atoms in total. The van der Waals surface area contributed by atoms with Crippen molar-refractivity contribution in [3.63, 3.8) is 0 Å². The van der Waals surface area contributed by atoms with Crippen LogP contribution in [0.25, 0.3) is 11.1 Å². The lowest BCUT2D eigenvalue weighted by atomic mass is 9.90. The van der Waals surface area contributed by atoms with E-state index in [0.717, 1.165) is 27.8 Å². The molecule has 3 aromatic rings. The van der Waals surface area contributed by atoms with Gasteiger partial charge in [-0.15, -0.1) is 0 Å². The smallest absolute Gasteiger partial charge is 0.347 e. The van der Waals surface area contributed by atoms with E-state index in [2.05, 4.69) is 24.1 Å². The van der Waals surface area contributed by atoms with Gasteiger partial charge in [0.05, 0.1) is 12.5 Å². The summed E-state index contributed by atoms with van der Waals surface area (Å²) in [7, 11) is 0. The zero-order valence-electron chi connectivity index (χ0n) is 25.2. The fourth-order valence-electron chi connectivity index (χ4n) is 5.89. The number of carbonyl (C=O) groups is 1. The number of nitrogens with one attached hydrogen (secondary N) is 1. The predicted octanol–water partition coefficient (Wildman–Crippen LogP) is 5.56. The van der Waals surface area contributed by atoms with Gasteiger partial charge >= 0.3 is 11.7 Å². The Morgan fingerprint density at radius 3 is 2.45 bits per heavy atom. The van der Waals surface area contributed by atoms with Crippen molar-refractivity contribution < 1.29 is 18.7 Å². The van der Waals surface area contributed by atoms with Gasteiger partial charge in [-0.05, 0) is 85.0 Å². The number of nitrogens with zero attached hydrogens (tertiary/aromatic N) is 3. The van der Waals surface area contributed by atoms with E-state index < -0.39 is 29.7 Å². The summed E-state index contributed by atoms with van der Waals surface area (Å²) in [6, 6.07) is 8.40. The Hall–Kier alpha value is -3.43. The number of rotatable bonds is 13. The van der Waals surface area contributed by atoms with Gasteiger partial charge in [0, 0.05) is 50.2 Å². The van der Waals surface area contributed by atoms with Crippen LogP contribution in [0, 0.1) is 32.5 Å². The van der Waals surface area contributed by atoms with Crippen LogP contribution in [0.15, 0.2) is 47.5 Å². The molecule has 1 aliphatic heterocycles. The number of halogens is 2. The molecular weight excluding hydrogens is 538 g/mol. The number of likely N-dealkylation sites (tertiary alicyclic amines) is 1. The molecule has 226 valence electrons. The van der Waals surface area contributed by atoms with Crippen LogP contribution >= 0.6 is 0 Å². The Bertz CT molecular complexity index is 1450. The Balaban J connectivity index is 1.63. The largest absolute Gasteiger partial charge is 0.481 e. The lowest BCUT2D eigenvalue weighted by Crippen LogP contribution is -2.49. The maximum Gasteiger partial charge on any atom is 0.347 e. The van der Waals surface area contributed by atoms with Gasteiger partial charge in [-0.25, -0.2) is 18.6 Å². The third kappa shape index (κ3) is 7.69. The lowest BCUT2D eigenvalue weighted by Gasteiger charge is -2.34. The number of hydrogen-bond acceptors (Lipinski definition) is 5. The topological polar surface area (TPSA) is 87.5 Å². The Morgan fingerprint density at radius 1 is 1.14 bits per heavy atom. The predicted molar refractivity (Wildman–Crippen MR) is 161 cm³/mol. The fourth-order valence-corrected chi connectivity index (χ4v) is 5.89. The van der Waals surface area contributed by atoms with E-state index in [9.17, 15) is 19.1 Å². The van der Waals surface area contributed by atoms with E-state index in [-0.39, 0.29) is 24.9 Å². The molecule has 2 aromatic carbocycles.